The lowest BCUT2D eigenvalue weighted by molar-refractivity contribution is -0.134. The zero-order chi connectivity index (χ0) is 18.7. The van der Waals surface area contributed by atoms with Crippen molar-refractivity contribution in [3.05, 3.63) is 58.9 Å². The Morgan fingerprint density at radius 2 is 2.11 bits per heavy atom. The summed E-state index contributed by atoms with van der Waals surface area (Å²) in [5, 5.41) is 11.5. The predicted octanol–water partition coefficient (Wildman–Crippen LogP) is 3.72. The topological polar surface area (TPSA) is 61.0 Å². The monoisotopic (exact) mass is 374 g/mol. The highest BCUT2D eigenvalue weighted by molar-refractivity contribution is 5.87. The van der Waals surface area contributed by atoms with Gasteiger partial charge in [-0.05, 0) is 30.9 Å². The third-order valence-electron chi connectivity index (χ3n) is 7.31. The minimum Gasteiger partial charge on any atom is -0.373 e. The van der Waals surface area contributed by atoms with Gasteiger partial charge in [-0.25, -0.2) is 0 Å². The third-order valence-corrected chi connectivity index (χ3v) is 7.31. The summed E-state index contributed by atoms with van der Waals surface area (Å²) in [6.45, 7) is 1.49. The van der Waals surface area contributed by atoms with Crippen molar-refractivity contribution in [2.75, 3.05) is 11.9 Å². The number of allylic oxidation sites excluding steroid dienone is 2. The molecule has 1 fully saturated rings. The quantitative estimate of drug-likeness (QED) is 0.788. The van der Waals surface area contributed by atoms with Crippen LogP contribution in [0.5, 0.6) is 0 Å². The minimum absolute atomic E-state index is 0.143. The van der Waals surface area contributed by atoms with E-state index in [1.165, 1.54) is 41.8 Å². The van der Waals surface area contributed by atoms with Gasteiger partial charge in [0.05, 0.1) is 5.69 Å². The molecule has 1 aromatic heterocycles. The van der Waals surface area contributed by atoms with E-state index in [1.807, 2.05) is 0 Å². The molecule has 2 N–H and O–H groups in total. The summed E-state index contributed by atoms with van der Waals surface area (Å²) in [5.41, 5.74) is 6.20. The Morgan fingerprint density at radius 1 is 1.21 bits per heavy atom. The van der Waals surface area contributed by atoms with Crippen molar-refractivity contribution in [3.8, 4) is 0 Å². The molecule has 28 heavy (non-hydrogen) atoms. The Morgan fingerprint density at radius 3 is 2.96 bits per heavy atom. The molecule has 4 aliphatic rings. The third kappa shape index (κ3) is 2.38. The Hall–Kier alpha value is -2.56. The minimum atomic E-state index is -0.143. The Labute approximate surface area is 165 Å². The maximum Gasteiger partial charge on any atom is 0.245 e. The molecule has 6 rings (SSSR count). The number of carbonyl (C=O) groups excluding carboxylic acids is 1. The van der Waals surface area contributed by atoms with Crippen LogP contribution in [0.1, 0.15) is 60.0 Å². The van der Waals surface area contributed by atoms with Gasteiger partial charge in [-0.15, -0.1) is 0 Å². The van der Waals surface area contributed by atoms with Crippen LogP contribution >= 0.6 is 0 Å². The molecule has 1 saturated carbocycles. The van der Waals surface area contributed by atoms with Crippen LogP contribution in [0.3, 0.4) is 0 Å². The fourth-order valence-corrected chi connectivity index (χ4v) is 5.51. The van der Waals surface area contributed by atoms with Crippen molar-refractivity contribution in [1.82, 2.24) is 15.1 Å². The summed E-state index contributed by atoms with van der Waals surface area (Å²) in [4.78, 5) is 15.7. The van der Waals surface area contributed by atoms with Crippen LogP contribution < -0.4 is 5.32 Å². The molecule has 0 saturated heterocycles. The predicted molar refractivity (Wildman–Crippen MR) is 108 cm³/mol. The number of benzene rings is 1. The second-order valence-corrected chi connectivity index (χ2v) is 8.77. The normalized spacial score (nSPS) is 28.1. The van der Waals surface area contributed by atoms with E-state index in [0.29, 0.717) is 24.3 Å². The second kappa shape index (κ2) is 6.23. The summed E-state index contributed by atoms with van der Waals surface area (Å²) in [5.74, 6) is 1.52. The number of hydrogen-bond acceptors (Lipinski definition) is 3. The van der Waals surface area contributed by atoms with E-state index in [-0.39, 0.29) is 11.9 Å². The molecule has 2 aliphatic heterocycles. The van der Waals surface area contributed by atoms with Gasteiger partial charge in [0.25, 0.3) is 0 Å². The Kier molecular flexibility index (Phi) is 3.65. The first-order valence-electron chi connectivity index (χ1n) is 10.7. The van der Waals surface area contributed by atoms with Crippen molar-refractivity contribution < 1.29 is 4.79 Å². The van der Waals surface area contributed by atoms with Gasteiger partial charge in [0.2, 0.25) is 5.91 Å². The summed E-state index contributed by atoms with van der Waals surface area (Å²) < 4.78 is 0. The van der Waals surface area contributed by atoms with Crippen molar-refractivity contribution in [2.24, 2.45) is 5.92 Å². The molecule has 5 heteroatoms. The largest absolute Gasteiger partial charge is 0.373 e. The maximum absolute atomic E-state index is 13.6. The van der Waals surface area contributed by atoms with E-state index in [2.05, 4.69) is 56.8 Å². The highest BCUT2D eigenvalue weighted by Crippen LogP contribution is 2.45. The molecular formula is C23H26N4O. The van der Waals surface area contributed by atoms with E-state index >= 15 is 0 Å². The van der Waals surface area contributed by atoms with Crippen LogP contribution in [-0.4, -0.2) is 33.6 Å². The smallest absolute Gasteiger partial charge is 0.245 e. The number of nitrogens with zero attached hydrogens (tertiary/aromatic N) is 2. The van der Waals surface area contributed by atoms with E-state index < -0.39 is 0 Å². The molecule has 0 radical (unpaired) electrons. The van der Waals surface area contributed by atoms with Crippen molar-refractivity contribution in [2.45, 2.75) is 56.5 Å². The number of aromatic amines is 1. The highest BCUT2D eigenvalue weighted by Gasteiger charge is 2.43. The Bertz CT molecular complexity index is 957. The van der Waals surface area contributed by atoms with Crippen molar-refractivity contribution >= 4 is 11.6 Å². The molecular weight excluding hydrogens is 348 g/mol. The number of aromatic nitrogens is 2. The molecule has 144 valence electrons. The highest BCUT2D eigenvalue weighted by atomic mass is 16.2. The number of nitrogens with one attached hydrogen (secondary N) is 2. The summed E-state index contributed by atoms with van der Waals surface area (Å²) in [6, 6.07) is 8.31. The maximum atomic E-state index is 13.6. The second-order valence-electron chi connectivity index (χ2n) is 8.77. The van der Waals surface area contributed by atoms with Crippen LogP contribution in [0.4, 0.5) is 5.69 Å². The molecule has 1 amide bonds. The molecule has 5 nitrogen and oxygen atoms in total. The first-order chi connectivity index (χ1) is 13.8. The fourth-order valence-electron chi connectivity index (χ4n) is 5.51. The van der Waals surface area contributed by atoms with Crippen LogP contribution in [-0.2, 0) is 17.8 Å². The van der Waals surface area contributed by atoms with E-state index in [0.717, 1.165) is 25.1 Å². The molecule has 2 aromatic rings. The number of para-hydroxylation sites is 1. The number of amides is 1. The lowest BCUT2D eigenvalue weighted by Crippen LogP contribution is -2.50. The van der Waals surface area contributed by atoms with Crippen LogP contribution in [0.25, 0.3) is 0 Å². The molecule has 1 aromatic carbocycles. The van der Waals surface area contributed by atoms with E-state index in [1.54, 1.807) is 0 Å². The average molecular weight is 374 g/mol. The van der Waals surface area contributed by atoms with E-state index in [4.69, 9.17) is 0 Å². The molecule has 0 bridgehead atoms. The number of H-pyrrole nitrogens is 1. The van der Waals surface area contributed by atoms with Gasteiger partial charge in [0.1, 0.15) is 6.04 Å². The number of carbonyl (C=O) groups is 1. The van der Waals surface area contributed by atoms with Crippen LogP contribution in [0, 0.1) is 5.92 Å². The van der Waals surface area contributed by atoms with E-state index in [9.17, 15) is 4.79 Å². The van der Waals surface area contributed by atoms with Crippen molar-refractivity contribution in [3.63, 3.8) is 0 Å². The molecule has 3 unspecified atom stereocenters. The number of rotatable bonds is 2. The van der Waals surface area contributed by atoms with Gasteiger partial charge < -0.3 is 10.2 Å². The average Bonchev–Trinajstić information content (AvgIpc) is 3.33. The van der Waals surface area contributed by atoms with Crippen LogP contribution in [0.15, 0.2) is 36.4 Å². The van der Waals surface area contributed by atoms with Gasteiger partial charge in [-0.1, -0.05) is 36.8 Å². The standard InChI is InChI=1S/C23H26N4O/c28-23(22-17-9-4-8-15(17)16-7-1-2-10-19(16)24-22)27-12-11-20-18(13-27)21(26-25-20)14-5-3-6-14/h1-2,4,7-8,10,14-15,17,22,24H,3,5-6,9,11-13H2,(H,25,26). The summed E-state index contributed by atoms with van der Waals surface area (Å²) in [7, 11) is 0. The van der Waals surface area contributed by atoms with Gasteiger partial charge in [-0.2, -0.15) is 5.10 Å². The molecule has 2 aliphatic carbocycles. The number of hydrogen-bond donors (Lipinski definition) is 2. The SMILES string of the molecule is O=C(C1Nc2ccccc2C2C=CCC12)N1CCc2[nH]nc(C3CCC3)c2C1. The van der Waals surface area contributed by atoms with Crippen molar-refractivity contribution in [1.29, 1.82) is 0 Å². The number of anilines is 1. The fraction of sp³-hybridized carbons (Fsp3) is 0.478. The van der Waals surface area contributed by atoms with Gasteiger partial charge >= 0.3 is 0 Å². The van der Waals surface area contributed by atoms with Crippen LogP contribution in [0.2, 0.25) is 0 Å². The molecule has 0 spiro atoms. The lowest BCUT2D eigenvalue weighted by Gasteiger charge is -2.39. The first kappa shape index (κ1) is 16.4. The van der Waals surface area contributed by atoms with Gasteiger partial charge in [-0.3, -0.25) is 9.89 Å². The zero-order valence-electron chi connectivity index (χ0n) is 16.0. The molecule has 3 atom stereocenters. The van der Waals surface area contributed by atoms with Gasteiger partial charge in [0, 0.05) is 54.2 Å². The number of fused-ring (bicyclic) bond motifs is 4. The lowest BCUT2D eigenvalue weighted by atomic mass is 9.78. The molecule has 3 heterocycles. The Balaban J connectivity index is 1.27. The zero-order valence-corrected chi connectivity index (χ0v) is 16.0. The first-order valence-corrected chi connectivity index (χ1v) is 10.7. The summed E-state index contributed by atoms with van der Waals surface area (Å²) in [6.07, 6.45) is 10.2. The van der Waals surface area contributed by atoms with Gasteiger partial charge in [0.15, 0.2) is 0 Å². The summed E-state index contributed by atoms with van der Waals surface area (Å²) >= 11 is 0.